The molecule has 1 nitrogen and oxygen atoms in total. The zero-order valence-corrected chi connectivity index (χ0v) is 9.84. The van der Waals surface area contributed by atoms with Crippen molar-refractivity contribution in [2.45, 2.75) is 40.5 Å². The fourth-order valence-corrected chi connectivity index (χ4v) is 2.81. The van der Waals surface area contributed by atoms with Gasteiger partial charge in [0.25, 0.3) is 0 Å². The molecule has 1 rings (SSSR count). The molecule has 0 amide bonds. The molecule has 2 atom stereocenters. The number of likely N-dealkylation sites (tertiary alicyclic amines) is 1. The molecular weight excluding hydrogens is 158 g/mol. The van der Waals surface area contributed by atoms with Crippen LogP contribution in [0.25, 0.3) is 0 Å². The molecule has 1 fully saturated rings. The molecule has 1 aliphatic rings. The second kappa shape index (κ2) is 4.45. The van der Waals surface area contributed by atoms with E-state index in [0.29, 0.717) is 0 Å². The van der Waals surface area contributed by atoms with Crippen molar-refractivity contribution in [1.29, 1.82) is 0 Å². The highest BCUT2D eigenvalue weighted by Gasteiger charge is 2.35. The smallest absolute Gasteiger partial charge is 0.0817 e. The minimum absolute atomic E-state index is 0.967. The van der Waals surface area contributed by atoms with Crippen molar-refractivity contribution < 1.29 is 4.48 Å². The van der Waals surface area contributed by atoms with Crippen LogP contribution in [-0.2, 0) is 0 Å². The van der Waals surface area contributed by atoms with Gasteiger partial charge in [0, 0.05) is 5.92 Å². The summed E-state index contributed by atoms with van der Waals surface area (Å²) < 4.78 is 1.38. The second-order valence-electron chi connectivity index (χ2n) is 4.81. The molecule has 78 valence electrons. The molecule has 0 N–H and O–H groups in total. The van der Waals surface area contributed by atoms with Gasteiger partial charge in [-0.25, -0.2) is 0 Å². The third-order valence-electron chi connectivity index (χ3n) is 4.35. The van der Waals surface area contributed by atoms with E-state index in [-0.39, 0.29) is 0 Å². The first-order chi connectivity index (χ1) is 6.17. The summed E-state index contributed by atoms with van der Waals surface area (Å²) in [7, 11) is 0. The molecule has 1 saturated heterocycles. The van der Waals surface area contributed by atoms with Gasteiger partial charge >= 0.3 is 0 Å². The fourth-order valence-electron chi connectivity index (χ4n) is 2.81. The molecule has 0 saturated carbocycles. The maximum atomic E-state index is 2.44. The Hall–Kier alpha value is -0.0400. The van der Waals surface area contributed by atoms with E-state index in [2.05, 4.69) is 27.7 Å². The SMILES string of the molecule is CCC1C[N+](CC)(CC)CCC1C. The molecule has 0 bridgehead atoms. The molecule has 13 heavy (non-hydrogen) atoms. The van der Waals surface area contributed by atoms with Gasteiger partial charge in [-0.05, 0) is 32.6 Å². The van der Waals surface area contributed by atoms with Crippen LogP contribution in [0.3, 0.4) is 0 Å². The average Bonchev–Trinajstić information content (AvgIpc) is 2.19. The van der Waals surface area contributed by atoms with E-state index < -0.39 is 0 Å². The molecule has 1 heterocycles. The van der Waals surface area contributed by atoms with Gasteiger partial charge < -0.3 is 4.48 Å². The molecular formula is C12H26N+. The Labute approximate surface area is 83.7 Å². The molecule has 0 aliphatic carbocycles. The summed E-state index contributed by atoms with van der Waals surface area (Å²) in [5.74, 6) is 1.95. The van der Waals surface area contributed by atoms with Crippen LogP contribution < -0.4 is 0 Å². The Morgan fingerprint density at radius 1 is 1.15 bits per heavy atom. The summed E-state index contributed by atoms with van der Waals surface area (Å²) in [6.07, 6.45) is 2.82. The van der Waals surface area contributed by atoms with Crippen molar-refractivity contribution in [3.05, 3.63) is 0 Å². The second-order valence-corrected chi connectivity index (χ2v) is 4.81. The summed E-state index contributed by atoms with van der Waals surface area (Å²) in [5, 5.41) is 0. The lowest BCUT2D eigenvalue weighted by Gasteiger charge is -2.45. The monoisotopic (exact) mass is 184 g/mol. The lowest BCUT2D eigenvalue weighted by molar-refractivity contribution is -0.934. The average molecular weight is 184 g/mol. The number of piperidine rings is 1. The van der Waals surface area contributed by atoms with E-state index in [4.69, 9.17) is 0 Å². The summed E-state index contributed by atoms with van der Waals surface area (Å²) in [4.78, 5) is 0. The fraction of sp³-hybridized carbons (Fsp3) is 1.00. The molecule has 0 aromatic heterocycles. The number of rotatable bonds is 3. The van der Waals surface area contributed by atoms with Gasteiger partial charge in [-0.15, -0.1) is 0 Å². The highest BCUT2D eigenvalue weighted by molar-refractivity contribution is 4.70. The van der Waals surface area contributed by atoms with E-state index >= 15 is 0 Å². The third-order valence-corrected chi connectivity index (χ3v) is 4.35. The van der Waals surface area contributed by atoms with Crippen molar-refractivity contribution in [3.8, 4) is 0 Å². The highest BCUT2D eigenvalue weighted by Crippen LogP contribution is 2.30. The number of hydrogen-bond donors (Lipinski definition) is 0. The van der Waals surface area contributed by atoms with Crippen LogP contribution >= 0.6 is 0 Å². The summed E-state index contributed by atoms with van der Waals surface area (Å²) in [5.41, 5.74) is 0. The standard InChI is InChI=1S/C12H26N/c1-5-12-10-13(6-2,7-3)9-8-11(12)4/h11-12H,5-10H2,1-4H3/q+1. The first-order valence-electron chi connectivity index (χ1n) is 6.02. The number of hydrogen-bond acceptors (Lipinski definition) is 0. The van der Waals surface area contributed by atoms with E-state index in [9.17, 15) is 0 Å². The first-order valence-corrected chi connectivity index (χ1v) is 6.02. The maximum Gasteiger partial charge on any atom is 0.0817 e. The van der Waals surface area contributed by atoms with Crippen LogP contribution in [0.4, 0.5) is 0 Å². The minimum atomic E-state index is 0.967. The molecule has 1 heteroatoms. The lowest BCUT2D eigenvalue weighted by atomic mass is 9.84. The normalized spacial score (nSPS) is 33.2. The van der Waals surface area contributed by atoms with Gasteiger partial charge in [0.05, 0.1) is 26.2 Å². The van der Waals surface area contributed by atoms with Crippen molar-refractivity contribution in [1.82, 2.24) is 0 Å². The molecule has 0 radical (unpaired) electrons. The first kappa shape index (κ1) is 11.0. The zero-order chi connectivity index (χ0) is 9.90. The highest BCUT2D eigenvalue weighted by atomic mass is 15.3. The number of nitrogens with zero attached hydrogens (tertiary/aromatic N) is 1. The Balaban J connectivity index is 2.61. The van der Waals surface area contributed by atoms with E-state index in [1.54, 1.807) is 0 Å². The summed E-state index contributed by atoms with van der Waals surface area (Å²) >= 11 is 0. The van der Waals surface area contributed by atoms with Gasteiger partial charge in [0.15, 0.2) is 0 Å². The minimum Gasteiger partial charge on any atom is -0.324 e. The van der Waals surface area contributed by atoms with Gasteiger partial charge in [-0.3, -0.25) is 0 Å². The Morgan fingerprint density at radius 2 is 1.77 bits per heavy atom. The molecule has 0 aromatic carbocycles. The van der Waals surface area contributed by atoms with Crippen molar-refractivity contribution in [2.24, 2.45) is 11.8 Å². The quantitative estimate of drug-likeness (QED) is 0.592. The Bertz CT molecular complexity index is 149. The zero-order valence-electron chi connectivity index (χ0n) is 9.84. The van der Waals surface area contributed by atoms with Crippen LogP contribution in [0.1, 0.15) is 40.5 Å². The predicted molar refractivity (Wildman–Crippen MR) is 58.6 cm³/mol. The third kappa shape index (κ3) is 2.25. The van der Waals surface area contributed by atoms with E-state index in [1.807, 2.05) is 0 Å². The van der Waals surface area contributed by atoms with Crippen molar-refractivity contribution in [2.75, 3.05) is 26.2 Å². The predicted octanol–water partition coefficient (Wildman–Crippen LogP) is 2.91. The van der Waals surface area contributed by atoms with Crippen LogP contribution in [-0.4, -0.2) is 30.7 Å². The van der Waals surface area contributed by atoms with Crippen LogP contribution in [0.5, 0.6) is 0 Å². The van der Waals surface area contributed by atoms with Gasteiger partial charge in [0.1, 0.15) is 0 Å². The molecule has 0 aromatic rings. The molecule has 1 aliphatic heterocycles. The lowest BCUT2D eigenvalue weighted by Crippen LogP contribution is -2.55. The van der Waals surface area contributed by atoms with E-state index in [0.717, 1.165) is 11.8 Å². The molecule has 0 spiro atoms. The Morgan fingerprint density at radius 3 is 2.23 bits per heavy atom. The van der Waals surface area contributed by atoms with Crippen molar-refractivity contribution >= 4 is 0 Å². The van der Waals surface area contributed by atoms with Gasteiger partial charge in [-0.1, -0.05) is 13.8 Å². The maximum absolute atomic E-state index is 2.44. The van der Waals surface area contributed by atoms with Crippen LogP contribution in [0.2, 0.25) is 0 Å². The van der Waals surface area contributed by atoms with Crippen molar-refractivity contribution in [3.63, 3.8) is 0 Å². The largest absolute Gasteiger partial charge is 0.324 e. The van der Waals surface area contributed by atoms with Gasteiger partial charge in [-0.2, -0.15) is 0 Å². The summed E-state index contributed by atoms with van der Waals surface area (Å²) in [6.45, 7) is 15.0. The molecule has 2 unspecified atom stereocenters. The van der Waals surface area contributed by atoms with E-state index in [1.165, 1.54) is 43.5 Å². The number of quaternary nitrogens is 1. The summed E-state index contributed by atoms with van der Waals surface area (Å²) in [6, 6.07) is 0. The Kier molecular flexibility index (Phi) is 3.78. The topological polar surface area (TPSA) is 0 Å². The van der Waals surface area contributed by atoms with Gasteiger partial charge in [0.2, 0.25) is 0 Å². The van der Waals surface area contributed by atoms with Crippen LogP contribution in [0.15, 0.2) is 0 Å². The van der Waals surface area contributed by atoms with Crippen LogP contribution in [0, 0.1) is 11.8 Å².